The van der Waals surface area contributed by atoms with Crippen molar-refractivity contribution in [1.82, 2.24) is 15.3 Å². The Morgan fingerprint density at radius 2 is 1.94 bits per heavy atom. The third-order valence-corrected chi connectivity index (χ3v) is 8.26. The number of nitrogens with zero attached hydrogens (tertiary/aromatic N) is 2. The van der Waals surface area contributed by atoms with E-state index in [0.29, 0.717) is 40.7 Å². The molecule has 1 aromatic carbocycles. The zero-order valence-electron chi connectivity index (χ0n) is 17.5. The number of hydrogen-bond acceptors (Lipinski definition) is 8. The lowest BCUT2D eigenvalue weighted by atomic mass is 9.81. The first kappa shape index (κ1) is 23.8. The molecule has 0 unspecified atom stereocenters. The van der Waals surface area contributed by atoms with Crippen molar-refractivity contribution in [2.45, 2.75) is 30.4 Å². The van der Waals surface area contributed by atoms with E-state index in [0.717, 1.165) is 6.42 Å². The van der Waals surface area contributed by atoms with Crippen molar-refractivity contribution in [1.29, 1.82) is 5.41 Å². The zero-order valence-corrected chi connectivity index (χ0v) is 19.1. The Bertz CT molecular complexity index is 1100. The molecule has 1 saturated carbocycles. The molecule has 0 spiro atoms. The number of benzene rings is 1. The molecule has 172 valence electrons. The fourth-order valence-electron chi connectivity index (χ4n) is 3.56. The molecule has 8 N–H and O–H groups in total. The van der Waals surface area contributed by atoms with Gasteiger partial charge in [-0.25, -0.2) is 18.4 Å². The van der Waals surface area contributed by atoms with Gasteiger partial charge >= 0.3 is 0 Å². The molecule has 0 radical (unpaired) electrons. The summed E-state index contributed by atoms with van der Waals surface area (Å²) in [5.74, 6) is 0.417. The Morgan fingerprint density at radius 1 is 1.25 bits per heavy atom. The number of aliphatic hydroxyl groups excluding tert-OH is 1. The third-order valence-electron chi connectivity index (χ3n) is 5.38. The highest BCUT2D eigenvalue weighted by Gasteiger charge is 2.51. The van der Waals surface area contributed by atoms with E-state index >= 15 is 0 Å². The molecule has 0 aliphatic heterocycles. The molecule has 1 aliphatic carbocycles. The average molecular weight is 478 g/mol. The molecule has 0 amide bonds. The summed E-state index contributed by atoms with van der Waals surface area (Å²) in [4.78, 5) is 8.88. The van der Waals surface area contributed by atoms with Gasteiger partial charge in [-0.05, 0) is 62.2 Å². The molecule has 2 aromatic rings. The summed E-state index contributed by atoms with van der Waals surface area (Å²) in [7, 11) is -3.51. The van der Waals surface area contributed by atoms with Crippen LogP contribution in [0.5, 0.6) is 0 Å². The van der Waals surface area contributed by atoms with E-state index in [1.54, 1.807) is 24.3 Å². The molecule has 0 bridgehead atoms. The van der Waals surface area contributed by atoms with Crippen LogP contribution in [0.15, 0.2) is 30.3 Å². The maximum absolute atomic E-state index is 13.0. The van der Waals surface area contributed by atoms with Crippen LogP contribution in [0.25, 0.3) is 11.4 Å². The molecule has 3 rings (SSSR count). The normalized spacial score (nSPS) is 14.9. The lowest BCUT2D eigenvalue weighted by molar-refractivity contribution is 0.292. The molecule has 32 heavy (non-hydrogen) atoms. The maximum Gasteiger partial charge on any atom is 0.171 e. The molecule has 1 aliphatic rings. The number of anilines is 2. The Balaban J connectivity index is 1.84. The van der Waals surface area contributed by atoms with Crippen molar-refractivity contribution in [2.24, 2.45) is 5.73 Å². The number of aliphatic hydroxyl groups is 1. The van der Waals surface area contributed by atoms with Crippen LogP contribution in [-0.4, -0.2) is 53.3 Å². The Hall–Kier alpha value is -2.83. The number of nitrogens with two attached hydrogens (primary N) is 2. The molecule has 0 saturated heterocycles. The summed E-state index contributed by atoms with van der Waals surface area (Å²) in [6.07, 6.45) is 1.93. The summed E-state index contributed by atoms with van der Waals surface area (Å²) < 4.78 is 25.0. The Labute approximate surface area is 192 Å². The van der Waals surface area contributed by atoms with E-state index in [9.17, 15) is 8.42 Å². The van der Waals surface area contributed by atoms with Crippen LogP contribution in [0.4, 0.5) is 11.5 Å². The number of sulfone groups is 1. The molecule has 10 nitrogen and oxygen atoms in total. The largest absolute Gasteiger partial charge is 0.396 e. The van der Waals surface area contributed by atoms with Crippen LogP contribution in [0.2, 0.25) is 0 Å². The lowest BCUT2D eigenvalue weighted by Crippen LogP contribution is -2.44. The van der Waals surface area contributed by atoms with Gasteiger partial charge < -0.3 is 27.2 Å². The van der Waals surface area contributed by atoms with Gasteiger partial charge in [-0.2, -0.15) is 0 Å². The molecular formula is C20H27N7O3S2. The zero-order chi connectivity index (χ0) is 23.4. The number of aromatic nitrogens is 2. The number of nitrogen functional groups attached to an aromatic ring is 1. The highest BCUT2D eigenvalue weighted by molar-refractivity contribution is 7.92. The predicted molar refractivity (Wildman–Crippen MR) is 129 cm³/mol. The van der Waals surface area contributed by atoms with Gasteiger partial charge in [0.25, 0.3) is 0 Å². The summed E-state index contributed by atoms with van der Waals surface area (Å²) in [6.45, 7) is -0.0344. The van der Waals surface area contributed by atoms with Crippen molar-refractivity contribution in [2.75, 3.05) is 30.0 Å². The lowest BCUT2D eigenvalue weighted by Gasteiger charge is -2.40. The van der Waals surface area contributed by atoms with Gasteiger partial charge in [0.2, 0.25) is 0 Å². The topological polar surface area (TPSA) is 180 Å². The van der Waals surface area contributed by atoms with Crippen LogP contribution < -0.4 is 22.1 Å². The van der Waals surface area contributed by atoms with Gasteiger partial charge in [0, 0.05) is 23.9 Å². The number of rotatable bonds is 9. The molecule has 12 heteroatoms. The van der Waals surface area contributed by atoms with Crippen molar-refractivity contribution in [3.63, 3.8) is 0 Å². The van der Waals surface area contributed by atoms with E-state index < -0.39 is 14.6 Å². The molecule has 1 aromatic heterocycles. The third kappa shape index (κ3) is 5.14. The Kier molecular flexibility index (Phi) is 7.26. The standard InChI is InChI=1S/C20H27N7O3S2/c21-16(22)12-24-19(31)25-14-5-3-13(4-6-14)18-26-15(11-17(23)27-18)20(7-1-8-20)32(29,30)10-2-9-28/h3-6,11,28H,1-2,7-10,12H2,(H3,21,22)(H2,23,26,27)(H2,24,25,31). The van der Waals surface area contributed by atoms with Gasteiger partial charge in [0.1, 0.15) is 16.4 Å². The first-order chi connectivity index (χ1) is 15.2. The van der Waals surface area contributed by atoms with Crippen molar-refractivity contribution < 1.29 is 13.5 Å². The second-order valence-corrected chi connectivity index (χ2v) is 10.5. The number of nitrogens with one attached hydrogen (secondary N) is 3. The fourth-order valence-corrected chi connectivity index (χ4v) is 5.98. The summed E-state index contributed by atoms with van der Waals surface area (Å²) in [6, 6.07) is 8.65. The minimum Gasteiger partial charge on any atom is -0.396 e. The number of amidine groups is 1. The molecular weight excluding hydrogens is 450 g/mol. The molecule has 1 fully saturated rings. The highest BCUT2D eigenvalue weighted by atomic mass is 32.2. The SMILES string of the molecule is N=C(N)CNC(=S)Nc1ccc(-c2nc(N)cc(C3(S(=O)(=O)CCCO)CCC3)n2)cc1. The predicted octanol–water partition coefficient (Wildman–Crippen LogP) is 1.12. The van der Waals surface area contributed by atoms with E-state index in [1.807, 2.05) is 0 Å². The Morgan fingerprint density at radius 3 is 2.50 bits per heavy atom. The maximum atomic E-state index is 13.0. The van der Waals surface area contributed by atoms with Gasteiger partial charge in [0.05, 0.1) is 18.0 Å². The van der Waals surface area contributed by atoms with Crippen LogP contribution in [0.3, 0.4) is 0 Å². The van der Waals surface area contributed by atoms with Gasteiger partial charge in [0.15, 0.2) is 20.8 Å². The first-order valence-corrected chi connectivity index (χ1v) is 12.2. The van der Waals surface area contributed by atoms with E-state index in [-0.39, 0.29) is 37.0 Å². The van der Waals surface area contributed by atoms with Gasteiger partial charge in [-0.3, -0.25) is 5.41 Å². The minimum absolute atomic E-state index is 0.0262. The fraction of sp³-hybridized carbons (Fsp3) is 0.400. The van der Waals surface area contributed by atoms with E-state index in [4.69, 9.17) is 34.2 Å². The van der Waals surface area contributed by atoms with E-state index in [2.05, 4.69) is 20.6 Å². The van der Waals surface area contributed by atoms with Crippen molar-refractivity contribution in [3.8, 4) is 11.4 Å². The minimum atomic E-state index is -3.51. The summed E-state index contributed by atoms with van der Waals surface area (Å²) >= 11 is 5.15. The first-order valence-electron chi connectivity index (χ1n) is 10.1. The summed E-state index contributed by atoms with van der Waals surface area (Å²) in [5, 5.41) is 22.4. The molecule has 0 atom stereocenters. The number of thiocarbonyl (C=S) groups is 1. The van der Waals surface area contributed by atoms with Crippen molar-refractivity contribution in [3.05, 3.63) is 36.0 Å². The van der Waals surface area contributed by atoms with Crippen molar-refractivity contribution >= 4 is 44.5 Å². The highest BCUT2D eigenvalue weighted by Crippen LogP contribution is 2.48. The monoisotopic (exact) mass is 477 g/mol. The van der Waals surface area contributed by atoms with E-state index in [1.165, 1.54) is 6.07 Å². The average Bonchev–Trinajstić information content (AvgIpc) is 2.70. The van der Waals surface area contributed by atoms with Crippen LogP contribution >= 0.6 is 12.2 Å². The van der Waals surface area contributed by atoms with Crippen LogP contribution in [0.1, 0.15) is 31.4 Å². The van der Waals surface area contributed by atoms with Gasteiger partial charge in [-0.15, -0.1) is 0 Å². The second-order valence-electron chi connectivity index (χ2n) is 7.66. The molecule has 1 heterocycles. The van der Waals surface area contributed by atoms with Gasteiger partial charge in [-0.1, -0.05) is 0 Å². The smallest absolute Gasteiger partial charge is 0.171 e. The van der Waals surface area contributed by atoms with Crippen LogP contribution in [0, 0.1) is 5.41 Å². The summed E-state index contributed by atoms with van der Waals surface area (Å²) in [5.41, 5.74) is 13.1. The second kappa shape index (κ2) is 9.76. The number of hydrogen-bond donors (Lipinski definition) is 6. The quantitative estimate of drug-likeness (QED) is 0.174. The van der Waals surface area contributed by atoms with Crippen LogP contribution in [-0.2, 0) is 14.6 Å².